The quantitative estimate of drug-likeness (QED) is 0.666. The topological polar surface area (TPSA) is 29.1 Å². The lowest BCUT2D eigenvalue weighted by Gasteiger charge is -2.22. The molecule has 1 N–H and O–H groups in total. The van der Waals surface area contributed by atoms with E-state index in [9.17, 15) is 4.79 Å². The van der Waals surface area contributed by atoms with Gasteiger partial charge < -0.3 is 5.32 Å². The van der Waals surface area contributed by atoms with Gasteiger partial charge in [0.1, 0.15) is 0 Å². The minimum absolute atomic E-state index is 0.229. The zero-order valence-electron chi connectivity index (χ0n) is 7.68. The monoisotopic (exact) mass is 167 g/mol. The van der Waals surface area contributed by atoms with Crippen molar-refractivity contribution in [2.24, 2.45) is 11.8 Å². The third-order valence-corrected chi connectivity index (χ3v) is 3.41. The van der Waals surface area contributed by atoms with Crippen molar-refractivity contribution in [3.05, 3.63) is 0 Å². The maximum Gasteiger partial charge on any atom is 0.219 e. The highest BCUT2D eigenvalue weighted by molar-refractivity contribution is 5.75. The zero-order valence-corrected chi connectivity index (χ0v) is 7.68. The molecule has 0 aromatic carbocycles. The fraction of sp³-hybridized carbons (Fsp3) is 0.900. The van der Waals surface area contributed by atoms with Crippen LogP contribution in [0.4, 0.5) is 0 Å². The van der Waals surface area contributed by atoms with Gasteiger partial charge in [-0.15, -0.1) is 0 Å². The number of amides is 1. The molecule has 2 aliphatic carbocycles. The van der Waals surface area contributed by atoms with E-state index in [1.165, 1.54) is 25.7 Å². The standard InChI is InChI=1S/C10H17NO/c1-2-10(12)11-9-6-7-3-4-8(9)5-7/h7-9H,2-6H2,1H3,(H,11,12)/t7-,8+,9+/m0/s1. The Morgan fingerprint density at radius 3 is 2.75 bits per heavy atom. The Morgan fingerprint density at radius 1 is 1.42 bits per heavy atom. The summed E-state index contributed by atoms with van der Waals surface area (Å²) in [5, 5.41) is 3.12. The molecule has 2 heteroatoms. The Hall–Kier alpha value is -0.530. The van der Waals surface area contributed by atoms with Gasteiger partial charge in [-0.25, -0.2) is 0 Å². The molecule has 0 aliphatic heterocycles. The van der Waals surface area contributed by atoms with Crippen LogP contribution < -0.4 is 5.32 Å². The summed E-state index contributed by atoms with van der Waals surface area (Å²) in [5.74, 6) is 1.97. The van der Waals surface area contributed by atoms with Crippen molar-refractivity contribution in [1.29, 1.82) is 0 Å². The van der Waals surface area contributed by atoms with E-state index in [-0.39, 0.29) is 5.91 Å². The van der Waals surface area contributed by atoms with E-state index < -0.39 is 0 Å². The van der Waals surface area contributed by atoms with Crippen LogP contribution in [0, 0.1) is 11.8 Å². The second kappa shape index (κ2) is 3.08. The van der Waals surface area contributed by atoms with Crippen molar-refractivity contribution in [3.63, 3.8) is 0 Å². The summed E-state index contributed by atoms with van der Waals surface area (Å²) in [6.07, 6.45) is 6.00. The number of carbonyl (C=O) groups is 1. The number of carbonyl (C=O) groups excluding carboxylic acids is 1. The predicted octanol–water partition coefficient (Wildman–Crippen LogP) is 1.70. The minimum Gasteiger partial charge on any atom is -0.353 e. The molecule has 12 heavy (non-hydrogen) atoms. The molecule has 0 aromatic heterocycles. The average Bonchev–Trinajstić information content (AvgIpc) is 2.64. The first-order valence-electron chi connectivity index (χ1n) is 5.09. The summed E-state index contributed by atoms with van der Waals surface area (Å²) in [6, 6.07) is 0.524. The minimum atomic E-state index is 0.229. The molecule has 2 rings (SSSR count). The number of rotatable bonds is 2. The molecule has 0 heterocycles. The Kier molecular flexibility index (Phi) is 2.07. The summed E-state index contributed by atoms with van der Waals surface area (Å²) in [4.78, 5) is 11.1. The summed E-state index contributed by atoms with van der Waals surface area (Å²) < 4.78 is 0. The maximum absolute atomic E-state index is 11.1. The lowest BCUT2D eigenvalue weighted by Crippen LogP contribution is -2.37. The van der Waals surface area contributed by atoms with Crippen LogP contribution in [0.25, 0.3) is 0 Å². The van der Waals surface area contributed by atoms with Crippen molar-refractivity contribution in [3.8, 4) is 0 Å². The summed E-state index contributed by atoms with van der Waals surface area (Å²) in [7, 11) is 0. The van der Waals surface area contributed by atoms with Gasteiger partial charge in [0.05, 0.1) is 0 Å². The van der Waals surface area contributed by atoms with Crippen LogP contribution >= 0.6 is 0 Å². The highest BCUT2D eigenvalue weighted by atomic mass is 16.1. The van der Waals surface area contributed by atoms with Crippen molar-refractivity contribution < 1.29 is 4.79 Å². The summed E-state index contributed by atoms with van der Waals surface area (Å²) in [6.45, 7) is 1.92. The highest BCUT2D eigenvalue weighted by Gasteiger charge is 2.39. The first-order valence-corrected chi connectivity index (χ1v) is 5.09. The molecule has 2 fully saturated rings. The lowest BCUT2D eigenvalue weighted by molar-refractivity contribution is -0.121. The van der Waals surface area contributed by atoms with Gasteiger partial charge in [-0.2, -0.15) is 0 Å². The van der Waals surface area contributed by atoms with E-state index in [2.05, 4.69) is 5.32 Å². The number of nitrogens with one attached hydrogen (secondary N) is 1. The lowest BCUT2D eigenvalue weighted by atomic mass is 9.95. The van der Waals surface area contributed by atoms with Crippen LogP contribution in [-0.4, -0.2) is 11.9 Å². The van der Waals surface area contributed by atoms with Gasteiger partial charge in [-0.1, -0.05) is 13.3 Å². The Morgan fingerprint density at radius 2 is 2.25 bits per heavy atom. The largest absolute Gasteiger partial charge is 0.353 e. The average molecular weight is 167 g/mol. The van der Waals surface area contributed by atoms with Gasteiger partial charge >= 0.3 is 0 Å². The Labute approximate surface area is 73.7 Å². The maximum atomic E-state index is 11.1. The zero-order chi connectivity index (χ0) is 8.55. The van der Waals surface area contributed by atoms with E-state index in [1.54, 1.807) is 0 Å². The van der Waals surface area contributed by atoms with Gasteiger partial charge in [-0.3, -0.25) is 4.79 Å². The second-order valence-corrected chi connectivity index (χ2v) is 4.20. The molecule has 0 aromatic rings. The third-order valence-electron chi connectivity index (χ3n) is 3.41. The first kappa shape index (κ1) is 8.09. The van der Waals surface area contributed by atoms with Gasteiger partial charge in [0, 0.05) is 12.5 Å². The van der Waals surface area contributed by atoms with Crippen LogP contribution in [0.2, 0.25) is 0 Å². The molecule has 0 radical (unpaired) electrons. The Balaban J connectivity index is 1.86. The second-order valence-electron chi connectivity index (χ2n) is 4.20. The molecule has 2 aliphatic rings. The van der Waals surface area contributed by atoms with Gasteiger partial charge in [0.15, 0.2) is 0 Å². The van der Waals surface area contributed by atoms with Crippen LogP contribution in [0.3, 0.4) is 0 Å². The van der Waals surface area contributed by atoms with Crippen LogP contribution in [0.15, 0.2) is 0 Å². The van der Waals surface area contributed by atoms with Gasteiger partial charge in [0.2, 0.25) is 5.91 Å². The molecule has 2 saturated carbocycles. The molecular weight excluding hydrogens is 150 g/mol. The molecule has 0 unspecified atom stereocenters. The third kappa shape index (κ3) is 1.35. The van der Waals surface area contributed by atoms with Crippen molar-refractivity contribution in [2.75, 3.05) is 0 Å². The van der Waals surface area contributed by atoms with E-state index in [1.807, 2.05) is 6.92 Å². The molecule has 3 atom stereocenters. The fourth-order valence-corrected chi connectivity index (χ4v) is 2.73. The highest BCUT2D eigenvalue weighted by Crippen LogP contribution is 2.44. The molecule has 1 amide bonds. The molecular formula is C10H17NO. The van der Waals surface area contributed by atoms with Crippen LogP contribution in [0.1, 0.15) is 39.0 Å². The fourth-order valence-electron chi connectivity index (χ4n) is 2.73. The molecule has 0 spiro atoms. The normalized spacial score (nSPS) is 38.6. The number of fused-ring (bicyclic) bond motifs is 2. The molecule has 2 nitrogen and oxygen atoms in total. The molecule has 68 valence electrons. The molecule has 2 bridgehead atoms. The van der Waals surface area contributed by atoms with Crippen molar-refractivity contribution >= 4 is 5.91 Å². The Bertz CT molecular complexity index is 190. The first-order chi connectivity index (χ1) is 5.79. The summed E-state index contributed by atoms with van der Waals surface area (Å²) in [5.41, 5.74) is 0. The van der Waals surface area contributed by atoms with E-state index in [0.717, 1.165) is 11.8 Å². The van der Waals surface area contributed by atoms with Crippen LogP contribution in [-0.2, 0) is 4.79 Å². The van der Waals surface area contributed by atoms with E-state index in [4.69, 9.17) is 0 Å². The van der Waals surface area contributed by atoms with Crippen molar-refractivity contribution in [1.82, 2.24) is 5.32 Å². The number of hydrogen-bond acceptors (Lipinski definition) is 1. The predicted molar refractivity (Wildman–Crippen MR) is 47.7 cm³/mol. The van der Waals surface area contributed by atoms with Gasteiger partial charge in [0.25, 0.3) is 0 Å². The van der Waals surface area contributed by atoms with E-state index in [0.29, 0.717) is 12.5 Å². The molecule has 0 saturated heterocycles. The van der Waals surface area contributed by atoms with E-state index >= 15 is 0 Å². The van der Waals surface area contributed by atoms with Crippen molar-refractivity contribution in [2.45, 2.75) is 45.1 Å². The SMILES string of the molecule is CCC(=O)N[C@@H]1C[C@H]2CC[C@@H]1C2. The smallest absolute Gasteiger partial charge is 0.219 e. The van der Waals surface area contributed by atoms with Crippen LogP contribution in [0.5, 0.6) is 0 Å². The van der Waals surface area contributed by atoms with Gasteiger partial charge in [-0.05, 0) is 31.1 Å². The summed E-state index contributed by atoms with van der Waals surface area (Å²) >= 11 is 0. The number of hydrogen-bond donors (Lipinski definition) is 1.